The standard InChI is InChI=1S/C15H16BrCl2N3/c1-8-5-10(18)11(6-9(8)17)19-13-7-12(16)20-14(21-13)15(2,3)4/h5-7H,1-4H3,(H,19,20,21). The van der Waals surface area contributed by atoms with Crippen molar-refractivity contribution in [2.45, 2.75) is 33.1 Å². The number of nitrogens with one attached hydrogen (secondary N) is 1. The number of halogens is 3. The molecule has 0 aliphatic rings. The Bertz CT molecular complexity index is 681. The molecule has 0 unspecified atom stereocenters. The number of nitrogens with zero attached hydrogens (tertiary/aromatic N) is 2. The van der Waals surface area contributed by atoms with Crippen LogP contribution in [0.5, 0.6) is 0 Å². The lowest BCUT2D eigenvalue weighted by Crippen LogP contribution is -2.17. The zero-order valence-electron chi connectivity index (χ0n) is 12.3. The summed E-state index contributed by atoms with van der Waals surface area (Å²) in [4.78, 5) is 8.95. The number of hydrogen-bond donors (Lipinski definition) is 1. The largest absolute Gasteiger partial charge is 0.339 e. The topological polar surface area (TPSA) is 37.8 Å². The fourth-order valence-corrected chi connectivity index (χ4v) is 2.51. The quantitative estimate of drug-likeness (QED) is 0.651. The van der Waals surface area contributed by atoms with Gasteiger partial charge in [-0.25, -0.2) is 9.97 Å². The Hall–Kier alpha value is -0.840. The molecule has 1 heterocycles. The van der Waals surface area contributed by atoms with Gasteiger partial charge in [-0.2, -0.15) is 0 Å². The summed E-state index contributed by atoms with van der Waals surface area (Å²) >= 11 is 15.8. The molecule has 0 saturated carbocycles. The van der Waals surface area contributed by atoms with Gasteiger partial charge in [-0.15, -0.1) is 0 Å². The molecule has 0 aliphatic heterocycles. The number of hydrogen-bond acceptors (Lipinski definition) is 3. The summed E-state index contributed by atoms with van der Waals surface area (Å²) in [5, 5.41) is 4.46. The molecular weight excluding hydrogens is 373 g/mol. The van der Waals surface area contributed by atoms with Crippen LogP contribution < -0.4 is 5.32 Å². The highest BCUT2D eigenvalue weighted by Gasteiger charge is 2.19. The number of aryl methyl sites for hydroxylation is 1. The minimum atomic E-state index is -0.144. The van der Waals surface area contributed by atoms with E-state index in [0.717, 1.165) is 21.7 Å². The molecule has 3 nitrogen and oxygen atoms in total. The van der Waals surface area contributed by atoms with Crippen LogP contribution in [0, 0.1) is 6.92 Å². The zero-order chi connectivity index (χ0) is 15.8. The van der Waals surface area contributed by atoms with Crippen LogP contribution in [0.25, 0.3) is 0 Å². The van der Waals surface area contributed by atoms with Crippen molar-refractivity contribution in [3.63, 3.8) is 0 Å². The van der Waals surface area contributed by atoms with Gasteiger partial charge in [-0.05, 0) is 40.5 Å². The maximum absolute atomic E-state index is 6.24. The normalized spacial score (nSPS) is 11.6. The van der Waals surface area contributed by atoms with Gasteiger partial charge in [0.2, 0.25) is 0 Å². The van der Waals surface area contributed by atoms with E-state index in [1.165, 1.54) is 0 Å². The smallest absolute Gasteiger partial charge is 0.137 e. The average molecular weight is 389 g/mol. The highest BCUT2D eigenvalue weighted by molar-refractivity contribution is 9.10. The lowest BCUT2D eigenvalue weighted by Gasteiger charge is -2.18. The second kappa shape index (κ2) is 6.11. The van der Waals surface area contributed by atoms with E-state index < -0.39 is 0 Å². The molecule has 21 heavy (non-hydrogen) atoms. The van der Waals surface area contributed by atoms with Crippen LogP contribution in [0.1, 0.15) is 32.2 Å². The number of aromatic nitrogens is 2. The van der Waals surface area contributed by atoms with Gasteiger partial charge in [0, 0.05) is 16.5 Å². The Morgan fingerprint density at radius 3 is 2.33 bits per heavy atom. The molecule has 1 aromatic carbocycles. The minimum Gasteiger partial charge on any atom is -0.339 e. The molecule has 0 aliphatic carbocycles. The van der Waals surface area contributed by atoms with Crippen LogP contribution in [0.3, 0.4) is 0 Å². The van der Waals surface area contributed by atoms with Gasteiger partial charge >= 0.3 is 0 Å². The highest BCUT2D eigenvalue weighted by Crippen LogP contribution is 2.31. The van der Waals surface area contributed by atoms with Gasteiger partial charge < -0.3 is 5.32 Å². The second-order valence-electron chi connectivity index (χ2n) is 5.86. The van der Waals surface area contributed by atoms with E-state index in [9.17, 15) is 0 Å². The summed E-state index contributed by atoms with van der Waals surface area (Å²) in [7, 11) is 0. The minimum absolute atomic E-state index is 0.144. The van der Waals surface area contributed by atoms with Gasteiger partial charge in [0.15, 0.2) is 0 Å². The van der Waals surface area contributed by atoms with Crippen molar-refractivity contribution in [3.05, 3.63) is 44.2 Å². The molecule has 6 heteroatoms. The van der Waals surface area contributed by atoms with Crippen molar-refractivity contribution in [1.29, 1.82) is 0 Å². The molecule has 1 aromatic heterocycles. The molecule has 0 amide bonds. The maximum atomic E-state index is 6.24. The third kappa shape index (κ3) is 4.09. The van der Waals surface area contributed by atoms with Crippen molar-refractivity contribution in [2.24, 2.45) is 0 Å². The van der Waals surface area contributed by atoms with E-state index >= 15 is 0 Å². The predicted octanol–water partition coefficient (Wildman–Crippen LogP) is 5.90. The van der Waals surface area contributed by atoms with Gasteiger partial charge in [-0.3, -0.25) is 0 Å². The molecule has 0 bridgehead atoms. The third-order valence-electron chi connectivity index (χ3n) is 2.88. The van der Waals surface area contributed by atoms with Crippen LogP contribution in [0.15, 0.2) is 22.8 Å². The van der Waals surface area contributed by atoms with Gasteiger partial charge in [0.1, 0.15) is 16.2 Å². The van der Waals surface area contributed by atoms with E-state index in [0.29, 0.717) is 15.9 Å². The zero-order valence-corrected chi connectivity index (χ0v) is 15.4. The molecule has 112 valence electrons. The SMILES string of the molecule is Cc1cc(Cl)c(Nc2cc(Br)nc(C(C)(C)C)n2)cc1Cl. The van der Waals surface area contributed by atoms with Crippen molar-refractivity contribution in [1.82, 2.24) is 9.97 Å². The highest BCUT2D eigenvalue weighted by atomic mass is 79.9. The van der Waals surface area contributed by atoms with Crippen LogP contribution in [-0.4, -0.2) is 9.97 Å². The lowest BCUT2D eigenvalue weighted by atomic mass is 9.96. The fraction of sp³-hybridized carbons (Fsp3) is 0.333. The summed E-state index contributed by atoms with van der Waals surface area (Å²) in [5.74, 6) is 1.41. The van der Waals surface area contributed by atoms with Gasteiger partial charge in [0.25, 0.3) is 0 Å². The van der Waals surface area contributed by atoms with Gasteiger partial charge in [-0.1, -0.05) is 44.0 Å². The summed E-state index contributed by atoms with van der Waals surface area (Å²) in [6.07, 6.45) is 0. The lowest BCUT2D eigenvalue weighted by molar-refractivity contribution is 0.544. The summed E-state index contributed by atoms with van der Waals surface area (Å²) in [6, 6.07) is 5.43. The Morgan fingerprint density at radius 2 is 1.71 bits per heavy atom. The Balaban J connectivity index is 2.40. The molecule has 2 rings (SSSR count). The Labute approximate surface area is 143 Å². The molecule has 1 N–H and O–H groups in total. The first kappa shape index (κ1) is 16.5. The van der Waals surface area contributed by atoms with Crippen LogP contribution in [0.4, 0.5) is 11.5 Å². The van der Waals surface area contributed by atoms with E-state index in [-0.39, 0.29) is 5.41 Å². The van der Waals surface area contributed by atoms with E-state index in [1.54, 1.807) is 12.1 Å². The summed E-state index contributed by atoms with van der Waals surface area (Å²) < 4.78 is 0.722. The first-order chi connectivity index (χ1) is 9.66. The molecule has 0 radical (unpaired) electrons. The average Bonchev–Trinajstić information content (AvgIpc) is 2.34. The van der Waals surface area contributed by atoms with Crippen LogP contribution >= 0.6 is 39.1 Å². The molecule has 0 saturated heterocycles. The first-order valence-electron chi connectivity index (χ1n) is 6.44. The Kier molecular flexibility index (Phi) is 4.81. The van der Waals surface area contributed by atoms with Crippen LogP contribution in [0.2, 0.25) is 10.0 Å². The van der Waals surface area contributed by atoms with E-state index in [4.69, 9.17) is 23.2 Å². The third-order valence-corrected chi connectivity index (χ3v) is 4.00. The van der Waals surface area contributed by atoms with Gasteiger partial charge in [0.05, 0.1) is 10.7 Å². The predicted molar refractivity (Wildman–Crippen MR) is 92.9 cm³/mol. The second-order valence-corrected chi connectivity index (χ2v) is 7.48. The van der Waals surface area contributed by atoms with Crippen molar-refractivity contribution in [2.75, 3.05) is 5.32 Å². The van der Waals surface area contributed by atoms with Crippen molar-refractivity contribution >= 4 is 50.6 Å². The van der Waals surface area contributed by atoms with E-state index in [2.05, 4.69) is 52.0 Å². The van der Waals surface area contributed by atoms with Crippen molar-refractivity contribution in [3.8, 4) is 0 Å². The summed E-state index contributed by atoms with van der Waals surface area (Å²) in [6.45, 7) is 8.10. The molecule has 0 atom stereocenters. The maximum Gasteiger partial charge on any atom is 0.137 e. The number of benzene rings is 1. The fourth-order valence-electron chi connectivity index (χ4n) is 1.70. The molecule has 2 aromatic rings. The first-order valence-corrected chi connectivity index (χ1v) is 7.99. The number of rotatable bonds is 2. The van der Waals surface area contributed by atoms with Crippen LogP contribution in [-0.2, 0) is 5.41 Å². The Morgan fingerprint density at radius 1 is 1.05 bits per heavy atom. The van der Waals surface area contributed by atoms with E-state index in [1.807, 2.05) is 13.0 Å². The molecule has 0 fully saturated rings. The molecule has 0 spiro atoms. The van der Waals surface area contributed by atoms with Crippen molar-refractivity contribution < 1.29 is 0 Å². The molecular formula is C15H16BrCl2N3. The monoisotopic (exact) mass is 387 g/mol. The number of anilines is 2. The summed E-state index contributed by atoms with van der Waals surface area (Å²) in [5.41, 5.74) is 1.51.